The third-order valence-corrected chi connectivity index (χ3v) is 5.27. The molecule has 2 heterocycles. The van der Waals surface area contributed by atoms with Gasteiger partial charge in [0.2, 0.25) is 5.88 Å². The molecule has 1 aliphatic heterocycles. The van der Waals surface area contributed by atoms with Crippen LogP contribution >= 0.6 is 0 Å². The summed E-state index contributed by atoms with van der Waals surface area (Å²) in [5.74, 6) is -1.35. The second-order valence-electron chi connectivity index (χ2n) is 7.31. The van der Waals surface area contributed by atoms with E-state index in [1.54, 1.807) is 13.0 Å². The van der Waals surface area contributed by atoms with Crippen molar-refractivity contribution in [1.82, 2.24) is 4.98 Å². The number of ether oxygens (including phenoxy) is 2. The summed E-state index contributed by atoms with van der Waals surface area (Å²) in [5.41, 5.74) is 8.85. The number of nitrogens with one attached hydrogen (secondary N) is 1. The third-order valence-electron chi connectivity index (χ3n) is 5.27. The van der Waals surface area contributed by atoms with Crippen molar-refractivity contribution in [2.75, 3.05) is 6.61 Å². The number of carbonyl (C=O) groups excluding carboxylic acids is 1. The van der Waals surface area contributed by atoms with Crippen molar-refractivity contribution in [2.24, 2.45) is 5.73 Å². The second-order valence-corrected chi connectivity index (χ2v) is 7.31. The van der Waals surface area contributed by atoms with Crippen molar-refractivity contribution in [2.45, 2.75) is 46.5 Å². The normalized spacial score (nSPS) is 16.4. The molecule has 0 bridgehead atoms. The van der Waals surface area contributed by atoms with Gasteiger partial charge >= 0.3 is 5.97 Å². The highest BCUT2D eigenvalue weighted by atomic mass is 16.5. The quantitative estimate of drug-likeness (QED) is 0.732. The molecule has 156 valence electrons. The number of hydrogen-bond acceptors (Lipinski definition) is 6. The van der Waals surface area contributed by atoms with E-state index in [1.807, 2.05) is 39.0 Å². The Labute approximate surface area is 174 Å². The molecule has 3 N–H and O–H groups in total. The average molecular weight is 407 g/mol. The number of aromatic amines is 1. The molecule has 30 heavy (non-hydrogen) atoms. The molecular formula is C23H25N3O4. The Balaban J connectivity index is 2.32. The largest absolute Gasteiger partial charge is 0.463 e. The van der Waals surface area contributed by atoms with E-state index in [9.17, 15) is 14.9 Å². The van der Waals surface area contributed by atoms with Gasteiger partial charge in [-0.2, -0.15) is 5.26 Å². The minimum Gasteiger partial charge on any atom is -0.463 e. The number of benzene rings is 1. The molecule has 1 aromatic heterocycles. The zero-order chi connectivity index (χ0) is 22.0. The first-order valence-corrected chi connectivity index (χ1v) is 9.94. The number of aromatic nitrogens is 1. The summed E-state index contributed by atoms with van der Waals surface area (Å²) in [4.78, 5) is 28.8. The van der Waals surface area contributed by atoms with Crippen LogP contribution in [0, 0.1) is 25.2 Å². The summed E-state index contributed by atoms with van der Waals surface area (Å²) in [5, 5.41) is 10.6. The molecule has 7 heteroatoms. The molecule has 2 aromatic rings. The summed E-state index contributed by atoms with van der Waals surface area (Å²) in [6.07, 6.45) is 1.11. The summed E-state index contributed by atoms with van der Waals surface area (Å²) < 4.78 is 10.9. The third kappa shape index (κ3) is 3.69. The van der Waals surface area contributed by atoms with Gasteiger partial charge in [0.05, 0.1) is 18.1 Å². The van der Waals surface area contributed by atoms with E-state index in [0.29, 0.717) is 24.1 Å². The van der Waals surface area contributed by atoms with Crippen molar-refractivity contribution < 1.29 is 14.3 Å². The fourth-order valence-electron chi connectivity index (χ4n) is 3.68. The fourth-order valence-corrected chi connectivity index (χ4v) is 3.68. The van der Waals surface area contributed by atoms with Crippen molar-refractivity contribution in [1.29, 1.82) is 5.26 Å². The Kier molecular flexibility index (Phi) is 5.97. The van der Waals surface area contributed by atoms with E-state index in [1.165, 1.54) is 0 Å². The second kappa shape index (κ2) is 8.46. The monoisotopic (exact) mass is 407 g/mol. The molecule has 0 saturated carbocycles. The van der Waals surface area contributed by atoms with Crippen LogP contribution in [0.25, 0.3) is 10.9 Å². The summed E-state index contributed by atoms with van der Waals surface area (Å²) >= 11 is 0. The highest BCUT2D eigenvalue weighted by Crippen LogP contribution is 2.40. The van der Waals surface area contributed by atoms with Crippen molar-refractivity contribution in [3.63, 3.8) is 0 Å². The standard InChI is InChI=1S/C23H25N3O4/c1-5-7-18-20(23(28)29-6-2)19(16(11-24)21(25)30-18)15-10-14-8-12(3)13(4)9-17(14)26-22(15)27/h8-10,19H,5-7,25H2,1-4H3,(H,26,27)/t19-/m0/s1. The molecule has 1 aromatic carbocycles. The lowest BCUT2D eigenvalue weighted by molar-refractivity contribution is -0.139. The molecule has 0 saturated heterocycles. The van der Waals surface area contributed by atoms with E-state index >= 15 is 0 Å². The van der Waals surface area contributed by atoms with E-state index in [0.717, 1.165) is 16.5 Å². The van der Waals surface area contributed by atoms with Crippen LogP contribution in [0.15, 0.2) is 45.8 Å². The molecule has 0 fully saturated rings. The molecule has 0 amide bonds. The lowest BCUT2D eigenvalue weighted by Gasteiger charge is -2.27. The molecule has 0 unspecified atom stereocenters. The molecule has 0 aliphatic carbocycles. The highest BCUT2D eigenvalue weighted by molar-refractivity contribution is 5.93. The smallest absolute Gasteiger partial charge is 0.338 e. The number of nitriles is 1. The number of hydrogen-bond donors (Lipinski definition) is 2. The minimum absolute atomic E-state index is 0.0200. The zero-order valence-electron chi connectivity index (χ0n) is 17.6. The maximum Gasteiger partial charge on any atom is 0.338 e. The Bertz CT molecular complexity index is 1180. The predicted octanol–water partition coefficient (Wildman–Crippen LogP) is 3.57. The molecule has 3 rings (SSSR count). The highest BCUT2D eigenvalue weighted by Gasteiger charge is 2.38. The first-order valence-electron chi connectivity index (χ1n) is 9.94. The Hall–Kier alpha value is -3.53. The van der Waals surface area contributed by atoms with E-state index < -0.39 is 17.4 Å². The van der Waals surface area contributed by atoms with Crippen LogP contribution < -0.4 is 11.3 Å². The maximum atomic E-state index is 13.0. The lowest BCUT2D eigenvalue weighted by atomic mass is 9.82. The number of esters is 1. The SMILES string of the molecule is CCCC1=C(C(=O)OCC)[C@@H](c2cc3cc(C)c(C)cc3[nH]c2=O)C(C#N)=C(N)O1. The van der Waals surface area contributed by atoms with Gasteiger partial charge in [-0.3, -0.25) is 4.79 Å². The van der Waals surface area contributed by atoms with Crippen LogP contribution in [0.1, 0.15) is 49.3 Å². The van der Waals surface area contributed by atoms with Gasteiger partial charge in [0, 0.05) is 17.5 Å². The van der Waals surface area contributed by atoms with Crippen LogP contribution in [0.5, 0.6) is 0 Å². The van der Waals surface area contributed by atoms with Crippen molar-refractivity contribution in [3.05, 3.63) is 68.0 Å². The van der Waals surface area contributed by atoms with Crippen LogP contribution in [-0.2, 0) is 14.3 Å². The van der Waals surface area contributed by atoms with Gasteiger partial charge in [-0.25, -0.2) is 4.79 Å². The summed E-state index contributed by atoms with van der Waals surface area (Å²) in [6.45, 7) is 7.73. The first-order chi connectivity index (χ1) is 14.3. The number of rotatable bonds is 5. The van der Waals surface area contributed by atoms with Crippen molar-refractivity contribution in [3.8, 4) is 6.07 Å². The number of carbonyl (C=O) groups is 1. The van der Waals surface area contributed by atoms with Gasteiger partial charge in [0.25, 0.3) is 5.56 Å². The topological polar surface area (TPSA) is 118 Å². The molecular weight excluding hydrogens is 382 g/mol. The number of nitrogens with zero attached hydrogens (tertiary/aromatic N) is 1. The number of nitrogens with two attached hydrogens (primary N) is 1. The molecule has 0 spiro atoms. The van der Waals surface area contributed by atoms with Crippen LogP contribution in [0.2, 0.25) is 0 Å². The number of aryl methyl sites for hydroxylation is 2. The number of fused-ring (bicyclic) bond motifs is 1. The lowest BCUT2D eigenvalue weighted by Crippen LogP contribution is -2.29. The Morgan fingerprint density at radius 1 is 1.27 bits per heavy atom. The molecule has 1 atom stereocenters. The number of H-pyrrole nitrogens is 1. The van der Waals surface area contributed by atoms with Crippen LogP contribution in [0.4, 0.5) is 0 Å². The Morgan fingerprint density at radius 2 is 1.97 bits per heavy atom. The zero-order valence-corrected chi connectivity index (χ0v) is 17.6. The van der Waals surface area contributed by atoms with E-state index in [2.05, 4.69) is 4.98 Å². The van der Waals surface area contributed by atoms with Gasteiger partial charge in [0.15, 0.2) is 0 Å². The molecule has 0 radical (unpaired) electrons. The van der Waals surface area contributed by atoms with E-state index in [-0.39, 0.29) is 29.2 Å². The number of allylic oxidation sites excluding steroid dienone is 2. The minimum atomic E-state index is -0.959. The van der Waals surface area contributed by atoms with Gasteiger partial charge in [-0.15, -0.1) is 0 Å². The molecule has 1 aliphatic rings. The van der Waals surface area contributed by atoms with Crippen molar-refractivity contribution >= 4 is 16.9 Å². The summed E-state index contributed by atoms with van der Waals surface area (Å²) in [6, 6.07) is 7.60. The number of pyridine rings is 1. The summed E-state index contributed by atoms with van der Waals surface area (Å²) in [7, 11) is 0. The van der Waals surface area contributed by atoms with E-state index in [4.69, 9.17) is 15.2 Å². The predicted molar refractivity (Wildman–Crippen MR) is 113 cm³/mol. The first kappa shape index (κ1) is 21.2. The van der Waals surface area contributed by atoms with Gasteiger partial charge < -0.3 is 20.2 Å². The maximum absolute atomic E-state index is 13.0. The van der Waals surface area contributed by atoms with Gasteiger partial charge in [-0.05, 0) is 61.9 Å². The molecule has 7 nitrogen and oxygen atoms in total. The average Bonchev–Trinajstić information content (AvgIpc) is 2.69. The fraction of sp³-hybridized carbons (Fsp3) is 0.348. The van der Waals surface area contributed by atoms with Gasteiger partial charge in [-0.1, -0.05) is 6.92 Å². The van der Waals surface area contributed by atoms with Crippen LogP contribution in [-0.4, -0.2) is 17.6 Å². The van der Waals surface area contributed by atoms with Gasteiger partial charge in [0.1, 0.15) is 17.4 Å². The van der Waals surface area contributed by atoms with Crippen LogP contribution in [0.3, 0.4) is 0 Å². The Morgan fingerprint density at radius 3 is 2.60 bits per heavy atom.